The monoisotopic (exact) mass is 272 g/mol. The second-order valence-corrected chi connectivity index (χ2v) is 4.16. The van der Waals surface area contributed by atoms with E-state index in [1.54, 1.807) is 30.3 Å². The zero-order chi connectivity index (χ0) is 14.5. The van der Waals surface area contributed by atoms with Gasteiger partial charge in [-0.2, -0.15) is 0 Å². The van der Waals surface area contributed by atoms with Crippen molar-refractivity contribution >= 4 is 17.3 Å². The SMILES string of the molecule is O=C(Cc1ccccc1[N+](=O)[O-])Nc1ccc(O)cc1. The van der Waals surface area contributed by atoms with Crippen LogP contribution in [0.1, 0.15) is 5.56 Å². The predicted octanol–water partition coefficient (Wildman–Crippen LogP) is 2.48. The Hall–Kier alpha value is -2.89. The molecular formula is C14H12N2O4. The van der Waals surface area contributed by atoms with Crippen molar-refractivity contribution in [1.29, 1.82) is 0 Å². The number of phenolic OH excluding ortho intramolecular Hbond substituents is 1. The maximum absolute atomic E-state index is 11.8. The largest absolute Gasteiger partial charge is 0.508 e. The molecule has 0 saturated carbocycles. The number of amides is 1. The van der Waals surface area contributed by atoms with Gasteiger partial charge in [0.25, 0.3) is 5.69 Å². The molecule has 2 rings (SSSR count). The van der Waals surface area contributed by atoms with Crippen molar-refractivity contribution in [2.75, 3.05) is 5.32 Å². The number of nitro benzene ring substituents is 1. The third-order valence-corrected chi connectivity index (χ3v) is 2.69. The van der Waals surface area contributed by atoms with Gasteiger partial charge in [0.15, 0.2) is 0 Å². The van der Waals surface area contributed by atoms with Gasteiger partial charge < -0.3 is 10.4 Å². The normalized spacial score (nSPS) is 10.0. The first-order chi connectivity index (χ1) is 9.56. The third kappa shape index (κ3) is 3.32. The first-order valence-electron chi connectivity index (χ1n) is 5.87. The number of para-hydroxylation sites is 1. The van der Waals surface area contributed by atoms with Crippen LogP contribution < -0.4 is 5.32 Å². The number of hydrogen-bond donors (Lipinski definition) is 2. The molecule has 0 atom stereocenters. The van der Waals surface area contributed by atoms with Crippen LogP contribution in [0.5, 0.6) is 5.75 Å². The Morgan fingerprint density at radius 2 is 1.80 bits per heavy atom. The second kappa shape index (κ2) is 5.83. The van der Waals surface area contributed by atoms with Crippen molar-refractivity contribution in [3.63, 3.8) is 0 Å². The molecular weight excluding hydrogens is 260 g/mol. The predicted molar refractivity (Wildman–Crippen MR) is 73.5 cm³/mol. The molecule has 6 nitrogen and oxygen atoms in total. The zero-order valence-corrected chi connectivity index (χ0v) is 10.4. The van der Waals surface area contributed by atoms with Crippen LogP contribution in [0.4, 0.5) is 11.4 Å². The minimum atomic E-state index is -0.511. The Morgan fingerprint density at radius 3 is 2.45 bits per heavy atom. The summed E-state index contributed by atoms with van der Waals surface area (Å²) < 4.78 is 0. The number of nitrogens with one attached hydrogen (secondary N) is 1. The first-order valence-corrected chi connectivity index (χ1v) is 5.87. The summed E-state index contributed by atoms with van der Waals surface area (Å²) in [5.41, 5.74) is 0.800. The zero-order valence-electron chi connectivity index (χ0n) is 10.4. The molecule has 0 bridgehead atoms. The van der Waals surface area contributed by atoms with E-state index in [4.69, 9.17) is 5.11 Å². The van der Waals surface area contributed by atoms with E-state index in [-0.39, 0.29) is 23.8 Å². The standard InChI is InChI=1S/C14H12N2O4/c17-12-7-5-11(6-8-12)15-14(18)9-10-3-1-2-4-13(10)16(19)20/h1-8,17H,9H2,(H,15,18). The minimum Gasteiger partial charge on any atom is -0.508 e. The number of carbonyl (C=O) groups is 1. The lowest BCUT2D eigenvalue weighted by Crippen LogP contribution is -2.15. The van der Waals surface area contributed by atoms with Crippen LogP contribution in [0.2, 0.25) is 0 Å². The number of hydrogen-bond acceptors (Lipinski definition) is 4. The first kappa shape index (κ1) is 13.5. The van der Waals surface area contributed by atoms with Crippen molar-refractivity contribution in [3.05, 3.63) is 64.2 Å². The molecule has 0 aromatic heterocycles. The maximum atomic E-state index is 11.8. The van der Waals surface area contributed by atoms with Gasteiger partial charge in [0, 0.05) is 17.3 Å². The van der Waals surface area contributed by atoms with Gasteiger partial charge in [-0.25, -0.2) is 0 Å². The lowest BCUT2D eigenvalue weighted by molar-refractivity contribution is -0.385. The summed E-state index contributed by atoms with van der Waals surface area (Å²) in [5, 5.41) is 22.6. The summed E-state index contributed by atoms with van der Waals surface area (Å²) in [4.78, 5) is 22.2. The Bertz CT molecular complexity index is 638. The van der Waals surface area contributed by atoms with Gasteiger partial charge in [0.1, 0.15) is 5.75 Å². The molecule has 1 amide bonds. The van der Waals surface area contributed by atoms with Crippen molar-refractivity contribution in [3.8, 4) is 5.75 Å². The van der Waals surface area contributed by atoms with Crippen LogP contribution in [-0.4, -0.2) is 15.9 Å². The molecule has 0 radical (unpaired) electrons. The Labute approximate surface area is 114 Å². The molecule has 20 heavy (non-hydrogen) atoms. The van der Waals surface area contributed by atoms with Gasteiger partial charge >= 0.3 is 0 Å². The fourth-order valence-corrected chi connectivity index (χ4v) is 1.76. The molecule has 2 aromatic rings. The molecule has 2 aromatic carbocycles. The van der Waals surface area contributed by atoms with E-state index in [0.717, 1.165) is 0 Å². The highest BCUT2D eigenvalue weighted by molar-refractivity contribution is 5.92. The Morgan fingerprint density at radius 1 is 1.15 bits per heavy atom. The molecule has 102 valence electrons. The van der Waals surface area contributed by atoms with Gasteiger partial charge in [-0.1, -0.05) is 18.2 Å². The molecule has 0 unspecified atom stereocenters. The van der Waals surface area contributed by atoms with E-state index >= 15 is 0 Å². The number of phenols is 1. The van der Waals surface area contributed by atoms with Crippen LogP contribution in [-0.2, 0) is 11.2 Å². The summed E-state index contributed by atoms with van der Waals surface area (Å²) >= 11 is 0. The minimum absolute atomic E-state index is 0.0756. The third-order valence-electron chi connectivity index (χ3n) is 2.69. The molecule has 0 aliphatic rings. The summed E-state index contributed by atoms with van der Waals surface area (Å²) in [6.45, 7) is 0. The number of carbonyl (C=O) groups excluding carboxylic acids is 1. The van der Waals surface area contributed by atoms with Gasteiger partial charge in [0.2, 0.25) is 5.91 Å². The lowest BCUT2D eigenvalue weighted by Gasteiger charge is -2.06. The van der Waals surface area contributed by atoms with Gasteiger partial charge in [-0.3, -0.25) is 14.9 Å². The molecule has 0 aliphatic carbocycles. The number of anilines is 1. The lowest BCUT2D eigenvalue weighted by atomic mass is 10.1. The topological polar surface area (TPSA) is 92.5 Å². The number of benzene rings is 2. The van der Waals surface area contributed by atoms with Crippen LogP contribution >= 0.6 is 0 Å². The molecule has 0 heterocycles. The molecule has 0 fully saturated rings. The van der Waals surface area contributed by atoms with Crippen molar-refractivity contribution in [1.82, 2.24) is 0 Å². The summed E-state index contributed by atoms with van der Waals surface area (Å²) in [5.74, 6) is -0.258. The van der Waals surface area contributed by atoms with E-state index in [0.29, 0.717) is 11.3 Å². The van der Waals surface area contributed by atoms with E-state index < -0.39 is 4.92 Å². The number of aromatic hydroxyl groups is 1. The highest BCUT2D eigenvalue weighted by Crippen LogP contribution is 2.19. The van der Waals surface area contributed by atoms with E-state index in [2.05, 4.69) is 5.32 Å². The van der Waals surface area contributed by atoms with Crippen molar-refractivity contribution in [2.24, 2.45) is 0 Å². The Kier molecular flexibility index (Phi) is 3.95. The fraction of sp³-hybridized carbons (Fsp3) is 0.0714. The van der Waals surface area contributed by atoms with Crippen molar-refractivity contribution < 1.29 is 14.8 Å². The average Bonchev–Trinajstić information content (AvgIpc) is 2.41. The van der Waals surface area contributed by atoms with E-state index in [1.165, 1.54) is 18.2 Å². The molecule has 0 saturated heterocycles. The van der Waals surface area contributed by atoms with Crippen LogP contribution in [0, 0.1) is 10.1 Å². The summed E-state index contributed by atoms with van der Waals surface area (Å²) in [7, 11) is 0. The van der Waals surface area contributed by atoms with Crippen LogP contribution in [0.25, 0.3) is 0 Å². The highest BCUT2D eigenvalue weighted by atomic mass is 16.6. The second-order valence-electron chi connectivity index (χ2n) is 4.16. The van der Waals surface area contributed by atoms with Gasteiger partial charge in [-0.05, 0) is 24.3 Å². The highest BCUT2D eigenvalue weighted by Gasteiger charge is 2.15. The van der Waals surface area contributed by atoms with Crippen molar-refractivity contribution in [2.45, 2.75) is 6.42 Å². The number of nitrogens with zero attached hydrogens (tertiary/aromatic N) is 1. The summed E-state index contributed by atoms with van der Waals surface area (Å²) in [6, 6.07) is 12.1. The molecule has 0 spiro atoms. The maximum Gasteiger partial charge on any atom is 0.273 e. The molecule has 2 N–H and O–H groups in total. The van der Waals surface area contributed by atoms with Gasteiger partial charge in [0.05, 0.1) is 11.3 Å². The number of nitro groups is 1. The van der Waals surface area contributed by atoms with E-state index in [1.807, 2.05) is 0 Å². The Balaban J connectivity index is 2.08. The summed E-state index contributed by atoms with van der Waals surface area (Å²) in [6.07, 6.45) is -0.0853. The number of rotatable bonds is 4. The molecule has 0 aliphatic heterocycles. The quantitative estimate of drug-likeness (QED) is 0.508. The average molecular weight is 272 g/mol. The van der Waals surface area contributed by atoms with Gasteiger partial charge in [-0.15, -0.1) is 0 Å². The fourth-order valence-electron chi connectivity index (χ4n) is 1.76. The van der Waals surface area contributed by atoms with E-state index in [9.17, 15) is 14.9 Å². The smallest absolute Gasteiger partial charge is 0.273 e. The van der Waals surface area contributed by atoms with Crippen LogP contribution in [0.3, 0.4) is 0 Å². The molecule has 6 heteroatoms. The van der Waals surface area contributed by atoms with Crippen LogP contribution in [0.15, 0.2) is 48.5 Å².